The summed E-state index contributed by atoms with van der Waals surface area (Å²) in [7, 11) is 1.83. The lowest BCUT2D eigenvalue weighted by atomic mass is 10.1. The Morgan fingerprint density at radius 2 is 2.35 bits per heavy atom. The minimum atomic E-state index is 0.206. The van der Waals surface area contributed by atoms with E-state index in [2.05, 4.69) is 15.3 Å². The molecule has 0 amide bonds. The minimum Gasteiger partial charge on any atom is -0.475 e. The maximum Gasteiger partial charge on any atom is 0.218 e. The number of nitrogens with zero attached hydrogens (tertiary/aromatic N) is 2. The summed E-state index contributed by atoms with van der Waals surface area (Å²) in [5.74, 6) is 2.09. The monoisotopic (exact) mass is 237 g/mol. The zero-order chi connectivity index (χ0) is 12.1. The van der Waals surface area contributed by atoms with E-state index in [1.54, 1.807) is 6.07 Å². The van der Waals surface area contributed by atoms with E-state index >= 15 is 0 Å². The van der Waals surface area contributed by atoms with Gasteiger partial charge in [-0.1, -0.05) is 0 Å². The van der Waals surface area contributed by atoms with Crippen LogP contribution in [0.3, 0.4) is 0 Å². The summed E-state index contributed by atoms with van der Waals surface area (Å²) >= 11 is 0. The molecule has 94 valence electrons. The van der Waals surface area contributed by atoms with Gasteiger partial charge < -0.3 is 14.8 Å². The number of anilines is 1. The van der Waals surface area contributed by atoms with Crippen LogP contribution in [-0.2, 0) is 4.74 Å². The number of nitrogens with one attached hydrogen (secondary N) is 1. The topological polar surface area (TPSA) is 56.3 Å². The Bertz CT molecular complexity index is 365. The molecule has 0 aliphatic carbocycles. The zero-order valence-electron chi connectivity index (χ0n) is 10.4. The van der Waals surface area contributed by atoms with Gasteiger partial charge in [-0.2, -0.15) is 4.98 Å². The maximum absolute atomic E-state index is 5.65. The average Bonchev–Trinajstić information content (AvgIpc) is 2.37. The van der Waals surface area contributed by atoms with Crippen molar-refractivity contribution in [2.45, 2.75) is 32.3 Å². The van der Waals surface area contributed by atoms with Gasteiger partial charge in [0, 0.05) is 19.7 Å². The lowest BCUT2D eigenvalue weighted by Crippen LogP contribution is -2.26. The average molecular weight is 237 g/mol. The van der Waals surface area contributed by atoms with E-state index in [9.17, 15) is 0 Å². The Morgan fingerprint density at radius 3 is 3.06 bits per heavy atom. The van der Waals surface area contributed by atoms with Crippen molar-refractivity contribution >= 4 is 5.82 Å². The third-order valence-electron chi connectivity index (χ3n) is 2.76. The van der Waals surface area contributed by atoms with Gasteiger partial charge >= 0.3 is 0 Å². The van der Waals surface area contributed by atoms with Crippen LogP contribution < -0.4 is 10.1 Å². The van der Waals surface area contributed by atoms with Gasteiger partial charge in [-0.15, -0.1) is 0 Å². The lowest BCUT2D eigenvalue weighted by molar-refractivity contribution is -0.0119. The van der Waals surface area contributed by atoms with E-state index in [4.69, 9.17) is 9.47 Å². The van der Waals surface area contributed by atoms with Gasteiger partial charge in [-0.3, -0.25) is 0 Å². The Morgan fingerprint density at radius 1 is 1.47 bits per heavy atom. The molecule has 2 rings (SSSR count). The van der Waals surface area contributed by atoms with Gasteiger partial charge in [0.05, 0.1) is 6.10 Å². The molecule has 1 N–H and O–H groups in total. The van der Waals surface area contributed by atoms with E-state index in [-0.39, 0.29) is 6.10 Å². The molecule has 1 aliphatic rings. The summed E-state index contributed by atoms with van der Waals surface area (Å²) in [6, 6.07) is 1.80. The van der Waals surface area contributed by atoms with Crippen LogP contribution in [0, 0.1) is 6.92 Å². The summed E-state index contributed by atoms with van der Waals surface area (Å²) < 4.78 is 11.3. The Hall–Kier alpha value is -1.36. The van der Waals surface area contributed by atoms with Crippen LogP contribution in [0.25, 0.3) is 0 Å². The van der Waals surface area contributed by atoms with E-state index in [0.717, 1.165) is 25.3 Å². The highest BCUT2D eigenvalue weighted by Crippen LogP contribution is 2.16. The highest BCUT2D eigenvalue weighted by molar-refractivity contribution is 5.37. The summed E-state index contributed by atoms with van der Waals surface area (Å²) in [6.07, 6.45) is 3.66. The highest BCUT2D eigenvalue weighted by Gasteiger charge is 2.14. The molecule has 1 aromatic heterocycles. The number of aromatic nitrogens is 2. The first-order chi connectivity index (χ1) is 8.28. The molecule has 17 heavy (non-hydrogen) atoms. The first-order valence-corrected chi connectivity index (χ1v) is 6.06. The largest absolute Gasteiger partial charge is 0.475 e. The van der Waals surface area contributed by atoms with Crippen LogP contribution in [0.2, 0.25) is 0 Å². The fourth-order valence-corrected chi connectivity index (χ4v) is 1.86. The van der Waals surface area contributed by atoms with Gasteiger partial charge in [0.1, 0.15) is 18.2 Å². The van der Waals surface area contributed by atoms with Crippen molar-refractivity contribution in [3.05, 3.63) is 11.9 Å². The second kappa shape index (κ2) is 5.82. The molecule has 1 atom stereocenters. The number of ether oxygens (including phenoxy) is 2. The van der Waals surface area contributed by atoms with Crippen molar-refractivity contribution in [3.8, 4) is 5.88 Å². The van der Waals surface area contributed by atoms with Gasteiger partial charge in [0.2, 0.25) is 5.88 Å². The molecule has 0 spiro atoms. The zero-order valence-corrected chi connectivity index (χ0v) is 10.4. The summed E-state index contributed by atoms with van der Waals surface area (Å²) in [5, 5.41) is 2.98. The van der Waals surface area contributed by atoms with Crippen LogP contribution >= 0.6 is 0 Å². The SMILES string of the molecule is CNc1cc(OCC2CCCCO2)nc(C)n1. The van der Waals surface area contributed by atoms with Crippen molar-refractivity contribution in [1.82, 2.24) is 9.97 Å². The van der Waals surface area contributed by atoms with Gasteiger partial charge in [-0.25, -0.2) is 4.98 Å². The maximum atomic E-state index is 5.65. The highest BCUT2D eigenvalue weighted by atomic mass is 16.5. The van der Waals surface area contributed by atoms with Gasteiger partial charge in [-0.05, 0) is 26.2 Å². The first-order valence-electron chi connectivity index (χ1n) is 6.06. The Balaban J connectivity index is 1.91. The number of aryl methyl sites for hydroxylation is 1. The van der Waals surface area contributed by atoms with Crippen LogP contribution in [0.15, 0.2) is 6.07 Å². The predicted octanol–water partition coefficient (Wildman–Crippen LogP) is 1.77. The molecule has 2 heterocycles. The predicted molar refractivity (Wildman–Crippen MR) is 65.4 cm³/mol. The molecule has 0 aromatic carbocycles. The summed E-state index contributed by atoms with van der Waals surface area (Å²) in [5.41, 5.74) is 0. The number of hydrogen-bond donors (Lipinski definition) is 1. The van der Waals surface area contributed by atoms with Crippen molar-refractivity contribution in [1.29, 1.82) is 0 Å². The Labute approximate surface area is 102 Å². The minimum absolute atomic E-state index is 0.206. The molecular formula is C12H19N3O2. The molecule has 1 fully saturated rings. The van der Waals surface area contributed by atoms with E-state index in [1.165, 1.54) is 6.42 Å². The van der Waals surface area contributed by atoms with E-state index in [1.807, 2.05) is 14.0 Å². The van der Waals surface area contributed by atoms with Crippen LogP contribution in [0.1, 0.15) is 25.1 Å². The second-order valence-corrected chi connectivity index (χ2v) is 4.19. The van der Waals surface area contributed by atoms with Crippen LogP contribution in [0.4, 0.5) is 5.82 Å². The van der Waals surface area contributed by atoms with Gasteiger partial charge in [0.25, 0.3) is 0 Å². The van der Waals surface area contributed by atoms with E-state index < -0.39 is 0 Å². The number of rotatable bonds is 4. The van der Waals surface area contributed by atoms with E-state index in [0.29, 0.717) is 18.3 Å². The molecule has 1 aliphatic heterocycles. The standard InChI is InChI=1S/C12H19N3O2/c1-9-14-11(13-2)7-12(15-9)17-8-10-5-3-4-6-16-10/h7,10H,3-6,8H2,1-2H3,(H,13,14,15). The molecule has 0 bridgehead atoms. The Kier molecular flexibility index (Phi) is 4.14. The molecular weight excluding hydrogens is 218 g/mol. The lowest BCUT2D eigenvalue weighted by Gasteiger charge is -2.22. The molecule has 0 saturated carbocycles. The summed E-state index contributed by atoms with van der Waals surface area (Å²) in [4.78, 5) is 8.45. The first kappa shape index (κ1) is 12.1. The van der Waals surface area contributed by atoms with Crippen molar-refractivity contribution in [3.63, 3.8) is 0 Å². The van der Waals surface area contributed by atoms with Crippen molar-refractivity contribution in [2.24, 2.45) is 0 Å². The van der Waals surface area contributed by atoms with Crippen molar-refractivity contribution < 1.29 is 9.47 Å². The summed E-state index contributed by atoms with van der Waals surface area (Å²) in [6.45, 7) is 3.27. The van der Waals surface area contributed by atoms with Crippen LogP contribution in [-0.4, -0.2) is 36.3 Å². The molecule has 1 saturated heterocycles. The fraction of sp³-hybridized carbons (Fsp3) is 0.667. The second-order valence-electron chi connectivity index (χ2n) is 4.19. The third kappa shape index (κ3) is 3.56. The number of hydrogen-bond acceptors (Lipinski definition) is 5. The molecule has 1 unspecified atom stereocenters. The molecule has 5 nitrogen and oxygen atoms in total. The normalized spacial score (nSPS) is 20.0. The quantitative estimate of drug-likeness (QED) is 0.865. The van der Waals surface area contributed by atoms with Crippen molar-refractivity contribution in [2.75, 3.05) is 25.6 Å². The molecule has 5 heteroatoms. The van der Waals surface area contributed by atoms with Crippen LogP contribution in [0.5, 0.6) is 5.88 Å². The fourth-order valence-electron chi connectivity index (χ4n) is 1.86. The molecule has 1 aromatic rings. The molecule has 0 radical (unpaired) electrons. The van der Waals surface area contributed by atoms with Gasteiger partial charge in [0.15, 0.2) is 0 Å². The smallest absolute Gasteiger partial charge is 0.218 e. The third-order valence-corrected chi connectivity index (χ3v) is 2.76.